The maximum absolute atomic E-state index is 13.1. The highest BCUT2D eigenvalue weighted by atomic mass is 32.2. The van der Waals surface area contributed by atoms with E-state index in [1.165, 1.54) is 24.2 Å². The number of pyridine rings is 2. The zero-order valence-corrected chi connectivity index (χ0v) is 18.2. The summed E-state index contributed by atoms with van der Waals surface area (Å²) in [4.78, 5) is 8.38. The number of nitrogens with zero attached hydrogens (tertiary/aromatic N) is 6. The lowest BCUT2D eigenvalue weighted by molar-refractivity contribution is 0.119. The third kappa shape index (κ3) is 3.82. The van der Waals surface area contributed by atoms with Gasteiger partial charge in [-0.3, -0.25) is 9.40 Å². The zero-order valence-electron chi connectivity index (χ0n) is 17.3. The zero-order chi connectivity index (χ0) is 22.2. The summed E-state index contributed by atoms with van der Waals surface area (Å²) in [5.41, 5.74) is 1.64. The number of aryl methyl sites for hydroxylation is 1. The van der Waals surface area contributed by atoms with E-state index in [0.717, 1.165) is 5.56 Å². The molecule has 4 aromatic heterocycles. The highest BCUT2D eigenvalue weighted by Gasteiger charge is 2.23. The number of fused-ring (bicyclic) bond motifs is 1. The van der Waals surface area contributed by atoms with Crippen LogP contribution in [0.25, 0.3) is 16.7 Å². The molecule has 1 atom stereocenters. The predicted octanol–water partition coefficient (Wildman–Crippen LogP) is 2.07. The Hall–Kier alpha value is -3.51. The smallest absolute Gasteiger partial charge is 0.265 e. The van der Waals surface area contributed by atoms with Gasteiger partial charge in [0.25, 0.3) is 10.0 Å². The number of aromatic nitrogens is 6. The molecule has 0 radical (unpaired) electrons. The summed E-state index contributed by atoms with van der Waals surface area (Å²) in [7, 11) is 0.737. The molecule has 12 heteroatoms. The van der Waals surface area contributed by atoms with Gasteiger partial charge in [-0.1, -0.05) is 0 Å². The van der Waals surface area contributed by atoms with Crippen LogP contribution in [0.3, 0.4) is 0 Å². The van der Waals surface area contributed by atoms with E-state index in [4.69, 9.17) is 9.47 Å². The van der Waals surface area contributed by atoms with Crippen LogP contribution < -0.4 is 9.46 Å². The number of anilines is 1. The first-order valence-electron chi connectivity index (χ1n) is 9.25. The highest BCUT2D eigenvalue weighted by molar-refractivity contribution is 7.92. The van der Waals surface area contributed by atoms with Crippen molar-refractivity contribution in [2.75, 3.05) is 18.9 Å². The molecule has 0 fully saturated rings. The van der Waals surface area contributed by atoms with Gasteiger partial charge in [0.05, 0.1) is 37.3 Å². The molecule has 0 amide bonds. The molecule has 0 saturated heterocycles. The van der Waals surface area contributed by atoms with Gasteiger partial charge in [-0.15, -0.1) is 0 Å². The Balaban J connectivity index is 1.70. The van der Waals surface area contributed by atoms with Crippen molar-refractivity contribution in [1.29, 1.82) is 0 Å². The summed E-state index contributed by atoms with van der Waals surface area (Å²) in [6.07, 6.45) is 7.28. The van der Waals surface area contributed by atoms with E-state index in [1.807, 2.05) is 13.0 Å². The molecule has 4 heterocycles. The van der Waals surface area contributed by atoms with E-state index >= 15 is 0 Å². The molecule has 1 N–H and O–H groups in total. The molecule has 0 bridgehead atoms. The highest BCUT2D eigenvalue weighted by Crippen LogP contribution is 2.32. The molecule has 0 aliphatic heterocycles. The van der Waals surface area contributed by atoms with Gasteiger partial charge >= 0.3 is 0 Å². The van der Waals surface area contributed by atoms with E-state index in [-0.39, 0.29) is 22.6 Å². The number of sulfonamides is 1. The van der Waals surface area contributed by atoms with Crippen LogP contribution in [0.1, 0.15) is 18.6 Å². The fourth-order valence-electron chi connectivity index (χ4n) is 3.11. The van der Waals surface area contributed by atoms with Gasteiger partial charge in [-0.25, -0.2) is 23.1 Å². The number of hydrogen-bond donors (Lipinski definition) is 1. The van der Waals surface area contributed by atoms with E-state index in [2.05, 4.69) is 24.9 Å². The van der Waals surface area contributed by atoms with Crippen LogP contribution in [0.2, 0.25) is 0 Å². The minimum absolute atomic E-state index is 0.0410. The molecule has 1 unspecified atom stereocenters. The lowest BCUT2D eigenvalue weighted by Crippen LogP contribution is -2.14. The predicted molar refractivity (Wildman–Crippen MR) is 113 cm³/mol. The second-order valence-corrected chi connectivity index (χ2v) is 8.45. The van der Waals surface area contributed by atoms with Crippen molar-refractivity contribution in [2.24, 2.45) is 7.05 Å². The molecule has 0 saturated carbocycles. The van der Waals surface area contributed by atoms with Gasteiger partial charge in [-0.2, -0.15) is 10.2 Å². The first-order valence-corrected chi connectivity index (χ1v) is 10.7. The summed E-state index contributed by atoms with van der Waals surface area (Å²) in [6, 6.07) is 3.61. The molecule has 4 rings (SSSR count). The lowest BCUT2D eigenvalue weighted by Gasteiger charge is -2.12. The second kappa shape index (κ2) is 7.96. The molecular weight excluding hydrogens is 422 g/mol. The maximum Gasteiger partial charge on any atom is 0.265 e. The summed E-state index contributed by atoms with van der Waals surface area (Å²) < 4.78 is 42.3. The number of ether oxygens (including phenoxy) is 2. The Morgan fingerprint density at radius 3 is 2.68 bits per heavy atom. The average molecular weight is 443 g/mol. The van der Waals surface area contributed by atoms with E-state index in [9.17, 15) is 8.42 Å². The van der Waals surface area contributed by atoms with Gasteiger partial charge in [0.2, 0.25) is 5.88 Å². The molecule has 0 spiro atoms. The minimum atomic E-state index is -4.00. The topological polar surface area (TPSA) is 126 Å². The first kappa shape index (κ1) is 20.8. The Bertz CT molecular complexity index is 1350. The van der Waals surface area contributed by atoms with Crippen molar-refractivity contribution in [3.05, 3.63) is 48.7 Å². The summed E-state index contributed by atoms with van der Waals surface area (Å²) in [6.45, 7) is 1.91. The van der Waals surface area contributed by atoms with Gasteiger partial charge in [0.15, 0.2) is 5.82 Å². The minimum Gasteiger partial charge on any atom is -0.479 e. The van der Waals surface area contributed by atoms with Gasteiger partial charge in [-0.05, 0) is 24.6 Å². The third-order valence-corrected chi connectivity index (χ3v) is 6.17. The first-order chi connectivity index (χ1) is 14.8. The number of nitrogens with one attached hydrogen (secondary N) is 1. The van der Waals surface area contributed by atoms with Crippen LogP contribution in [0.4, 0.5) is 5.69 Å². The van der Waals surface area contributed by atoms with Crippen molar-refractivity contribution >= 4 is 26.6 Å². The van der Waals surface area contributed by atoms with Gasteiger partial charge in [0.1, 0.15) is 10.6 Å². The molecule has 0 aliphatic rings. The van der Waals surface area contributed by atoms with Crippen molar-refractivity contribution in [1.82, 2.24) is 29.5 Å². The fraction of sp³-hybridized carbons (Fsp3) is 0.263. The van der Waals surface area contributed by atoms with E-state index in [1.54, 1.807) is 43.5 Å². The molecule has 31 heavy (non-hydrogen) atoms. The average Bonchev–Trinajstić information content (AvgIpc) is 3.41. The summed E-state index contributed by atoms with van der Waals surface area (Å²) in [5, 5.41) is 8.99. The number of rotatable bonds is 7. The normalized spacial score (nSPS) is 12.8. The largest absolute Gasteiger partial charge is 0.479 e. The van der Waals surface area contributed by atoms with Gasteiger partial charge < -0.3 is 9.47 Å². The Morgan fingerprint density at radius 1 is 1.13 bits per heavy atom. The molecule has 0 aliphatic carbocycles. The van der Waals surface area contributed by atoms with Crippen molar-refractivity contribution in [2.45, 2.75) is 17.9 Å². The van der Waals surface area contributed by atoms with Crippen LogP contribution in [0.5, 0.6) is 5.88 Å². The van der Waals surface area contributed by atoms with Crippen LogP contribution in [-0.4, -0.2) is 52.2 Å². The Kier molecular flexibility index (Phi) is 5.33. The maximum atomic E-state index is 13.1. The quantitative estimate of drug-likeness (QED) is 0.460. The molecule has 11 nitrogen and oxygen atoms in total. The van der Waals surface area contributed by atoms with Crippen molar-refractivity contribution in [3.8, 4) is 11.7 Å². The SMILES string of the molecule is COc1ncc2cnn(C)c2c1NS(=O)(=O)c1cnn(-c2cc(C(C)OC)ccn2)c1. The summed E-state index contributed by atoms with van der Waals surface area (Å²) >= 11 is 0. The van der Waals surface area contributed by atoms with E-state index < -0.39 is 10.0 Å². The number of methoxy groups -OCH3 is 2. The van der Waals surface area contributed by atoms with Gasteiger partial charge in [0, 0.05) is 31.9 Å². The molecule has 0 aromatic carbocycles. The van der Waals surface area contributed by atoms with Crippen molar-refractivity contribution < 1.29 is 17.9 Å². The van der Waals surface area contributed by atoms with Crippen LogP contribution in [0, 0.1) is 0 Å². The van der Waals surface area contributed by atoms with Crippen LogP contribution in [0.15, 0.2) is 48.0 Å². The molecule has 162 valence electrons. The van der Waals surface area contributed by atoms with Crippen molar-refractivity contribution in [3.63, 3.8) is 0 Å². The standard InChI is InChI=1S/C19H21N7O4S/c1-12(29-3)13-5-6-20-16(7-13)26-11-15(10-23-26)31(27,28)24-17-18-14(9-22-25(18)2)8-21-19(17)30-4/h5-12,24H,1-4H3. The number of hydrogen-bond acceptors (Lipinski definition) is 8. The third-order valence-electron chi connectivity index (χ3n) is 4.86. The monoisotopic (exact) mass is 443 g/mol. The molecular formula is C19H21N7O4S. The summed E-state index contributed by atoms with van der Waals surface area (Å²) in [5.74, 6) is 0.603. The van der Waals surface area contributed by atoms with E-state index in [0.29, 0.717) is 16.7 Å². The molecule has 4 aromatic rings. The van der Waals surface area contributed by atoms with Crippen LogP contribution >= 0.6 is 0 Å². The Labute approximate surface area is 178 Å². The Morgan fingerprint density at radius 2 is 1.94 bits per heavy atom. The lowest BCUT2D eigenvalue weighted by atomic mass is 10.2. The van der Waals surface area contributed by atoms with Crippen LogP contribution in [-0.2, 0) is 21.8 Å². The second-order valence-electron chi connectivity index (χ2n) is 6.77. The fourth-order valence-corrected chi connectivity index (χ4v) is 4.10.